The van der Waals surface area contributed by atoms with Crippen molar-refractivity contribution in [3.63, 3.8) is 0 Å². The van der Waals surface area contributed by atoms with Gasteiger partial charge < -0.3 is 9.47 Å². The van der Waals surface area contributed by atoms with Crippen LogP contribution in [0.2, 0.25) is 0 Å². The average molecular weight is 418 g/mol. The molecule has 0 heterocycles. The van der Waals surface area contributed by atoms with Crippen LogP contribution >= 0.6 is 0 Å². The van der Waals surface area contributed by atoms with Crippen LogP contribution < -0.4 is 4.74 Å². The second-order valence-corrected chi connectivity index (χ2v) is 7.01. The van der Waals surface area contributed by atoms with Crippen LogP contribution in [0, 0.1) is 5.82 Å². The number of ether oxygens (including phenoxy) is 2. The molecule has 0 saturated carbocycles. The first-order valence-electron chi connectivity index (χ1n) is 9.95. The van der Waals surface area contributed by atoms with Gasteiger partial charge in [0.2, 0.25) is 0 Å². The molecule has 0 fully saturated rings. The largest absolute Gasteiger partial charge is 0.463 e. The van der Waals surface area contributed by atoms with Crippen molar-refractivity contribution < 1.29 is 23.5 Å². The first-order valence-corrected chi connectivity index (χ1v) is 9.95. The van der Waals surface area contributed by atoms with Crippen molar-refractivity contribution in [1.82, 2.24) is 0 Å². The molecule has 0 radical (unpaired) electrons. The molecule has 0 atom stereocenters. The molecule has 3 aromatic carbocycles. The Balaban J connectivity index is 1.60. The minimum atomic E-state index is -0.412. The first kappa shape index (κ1) is 22.0. The quantitative estimate of drug-likeness (QED) is 0.195. The number of carbonyl (C=O) groups excluding carboxylic acids is 2. The fourth-order valence-corrected chi connectivity index (χ4v) is 3.20. The summed E-state index contributed by atoms with van der Waals surface area (Å²) in [6.45, 7) is 4.09. The molecule has 4 nitrogen and oxygen atoms in total. The predicted molar refractivity (Wildman–Crippen MR) is 117 cm³/mol. The Bertz CT molecular complexity index is 1040. The molecule has 0 aliphatic heterocycles. The highest BCUT2D eigenvalue weighted by Gasteiger charge is 2.07. The van der Waals surface area contributed by atoms with Crippen LogP contribution in [0.5, 0.6) is 5.75 Å². The summed E-state index contributed by atoms with van der Waals surface area (Å²) in [7, 11) is 0. The van der Waals surface area contributed by atoms with Crippen LogP contribution in [0.25, 0.3) is 11.1 Å². The lowest BCUT2D eigenvalue weighted by Crippen LogP contribution is -2.02. The van der Waals surface area contributed by atoms with Gasteiger partial charge in [-0.1, -0.05) is 55.1 Å². The molecular weight excluding hydrogens is 395 g/mol. The Kier molecular flexibility index (Phi) is 7.71. The fourth-order valence-electron chi connectivity index (χ4n) is 3.20. The molecule has 0 bridgehead atoms. The van der Waals surface area contributed by atoms with Gasteiger partial charge in [-0.05, 0) is 58.9 Å². The summed E-state index contributed by atoms with van der Waals surface area (Å²) < 4.78 is 24.4. The van der Waals surface area contributed by atoms with Crippen LogP contribution in [0.1, 0.15) is 23.1 Å². The SMILES string of the molecule is C=CC(=O)OCCCc1ccc(-c2ccc(Cc3ccc(OC=O)cc3)c(F)c2)cc1. The van der Waals surface area contributed by atoms with E-state index in [1.165, 1.54) is 0 Å². The molecule has 5 heteroatoms. The third-order valence-electron chi connectivity index (χ3n) is 4.86. The minimum absolute atomic E-state index is 0.265. The number of esters is 1. The molecule has 31 heavy (non-hydrogen) atoms. The lowest BCUT2D eigenvalue weighted by atomic mass is 9.98. The normalized spacial score (nSPS) is 10.4. The first-order chi connectivity index (χ1) is 15.1. The molecule has 0 N–H and O–H groups in total. The van der Waals surface area contributed by atoms with Gasteiger partial charge in [-0.3, -0.25) is 4.79 Å². The molecule has 3 rings (SSSR count). The maximum absolute atomic E-state index is 14.7. The third kappa shape index (κ3) is 6.37. The van der Waals surface area contributed by atoms with Crippen LogP contribution in [-0.4, -0.2) is 19.0 Å². The van der Waals surface area contributed by atoms with Crippen LogP contribution in [0.15, 0.2) is 79.4 Å². The van der Waals surface area contributed by atoms with Gasteiger partial charge in [0.25, 0.3) is 6.47 Å². The summed E-state index contributed by atoms with van der Waals surface area (Å²) in [5, 5.41) is 0. The van der Waals surface area contributed by atoms with Crippen LogP contribution in [0.3, 0.4) is 0 Å². The van der Waals surface area contributed by atoms with E-state index in [-0.39, 0.29) is 5.82 Å². The Morgan fingerprint density at radius 1 is 0.935 bits per heavy atom. The summed E-state index contributed by atoms with van der Waals surface area (Å²) in [6.07, 6.45) is 3.11. The van der Waals surface area contributed by atoms with Gasteiger partial charge in [0.15, 0.2) is 0 Å². The minimum Gasteiger partial charge on any atom is -0.463 e. The topological polar surface area (TPSA) is 52.6 Å². The maximum Gasteiger partial charge on any atom is 0.330 e. The van der Waals surface area contributed by atoms with Gasteiger partial charge in [0.05, 0.1) is 6.61 Å². The van der Waals surface area contributed by atoms with E-state index in [4.69, 9.17) is 9.47 Å². The van der Waals surface area contributed by atoms with Crippen molar-refractivity contribution >= 4 is 12.4 Å². The maximum atomic E-state index is 14.7. The van der Waals surface area contributed by atoms with Gasteiger partial charge in [0, 0.05) is 12.5 Å². The van der Waals surface area contributed by atoms with Crippen molar-refractivity contribution in [2.45, 2.75) is 19.3 Å². The Morgan fingerprint density at radius 2 is 1.61 bits per heavy atom. The summed E-state index contributed by atoms with van der Waals surface area (Å²) in [5.41, 5.74) is 4.38. The Hall–Kier alpha value is -3.73. The van der Waals surface area contributed by atoms with E-state index in [9.17, 15) is 14.0 Å². The number of benzene rings is 3. The Labute approximate surface area is 180 Å². The van der Waals surface area contributed by atoms with E-state index < -0.39 is 5.97 Å². The number of halogens is 1. The van der Waals surface area contributed by atoms with Crippen LogP contribution in [-0.2, 0) is 27.2 Å². The third-order valence-corrected chi connectivity index (χ3v) is 4.86. The highest BCUT2D eigenvalue weighted by Crippen LogP contribution is 2.24. The summed E-state index contributed by atoms with van der Waals surface area (Å²) >= 11 is 0. The van der Waals surface area contributed by atoms with Crippen molar-refractivity contribution in [2.24, 2.45) is 0 Å². The zero-order valence-electron chi connectivity index (χ0n) is 17.1. The second-order valence-electron chi connectivity index (χ2n) is 7.01. The predicted octanol–water partition coefficient (Wildman–Crippen LogP) is 5.28. The van der Waals surface area contributed by atoms with E-state index in [0.717, 1.165) is 41.2 Å². The van der Waals surface area contributed by atoms with Crippen molar-refractivity contribution in [2.75, 3.05) is 6.61 Å². The van der Waals surface area contributed by atoms with Gasteiger partial charge in [-0.2, -0.15) is 0 Å². The Morgan fingerprint density at radius 3 is 2.26 bits per heavy atom. The molecule has 0 saturated heterocycles. The highest BCUT2D eigenvalue weighted by atomic mass is 19.1. The monoisotopic (exact) mass is 418 g/mol. The summed E-state index contributed by atoms with van der Waals surface area (Å²) in [5.74, 6) is -0.223. The van der Waals surface area contributed by atoms with E-state index in [2.05, 4.69) is 6.58 Å². The van der Waals surface area contributed by atoms with Gasteiger partial charge in [-0.25, -0.2) is 9.18 Å². The van der Waals surface area contributed by atoms with E-state index in [1.807, 2.05) is 42.5 Å². The lowest BCUT2D eigenvalue weighted by molar-refractivity contribution is -0.137. The molecular formula is C26H23FO4. The van der Waals surface area contributed by atoms with Crippen LogP contribution in [0.4, 0.5) is 4.39 Å². The second kappa shape index (κ2) is 10.9. The molecule has 0 aliphatic rings. The van der Waals surface area contributed by atoms with E-state index in [1.54, 1.807) is 24.3 Å². The molecule has 0 spiro atoms. The van der Waals surface area contributed by atoms with Crippen molar-refractivity contribution in [3.8, 4) is 16.9 Å². The molecule has 0 aromatic heterocycles. The zero-order valence-corrected chi connectivity index (χ0v) is 17.1. The molecule has 0 unspecified atom stereocenters. The molecule has 3 aromatic rings. The van der Waals surface area contributed by atoms with Gasteiger partial charge in [0.1, 0.15) is 11.6 Å². The van der Waals surface area contributed by atoms with Gasteiger partial charge in [-0.15, -0.1) is 0 Å². The molecule has 0 aliphatic carbocycles. The average Bonchev–Trinajstić information content (AvgIpc) is 2.79. The highest BCUT2D eigenvalue weighted by molar-refractivity contribution is 5.81. The van der Waals surface area contributed by atoms with E-state index in [0.29, 0.717) is 30.8 Å². The molecule has 0 amide bonds. The van der Waals surface area contributed by atoms with Crippen molar-refractivity contribution in [3.05, 3.63) is 102 Å². The van der Waals surface area contributed by atoms with E-state index >= 15 is 0 Å². The number of hydrogen-bond donors (Lipinski definition) is 0. The summed E-state index contributed by atoms with van der Waals surface area (Å²) in [6, 6.07) is 20.2. The lowest BCUT2D eigenvalue weighted by Gasteiger charge is -2.09. The van der Waals surface area contributed by atoms with Gasteiger partial charge >= 0.3 is 5.97 Å². The molecule has 158 valence electrons. The number of hydrogen-bond acceptors (Lipinski definition) is 4. The summed E-state index contributed by atoms with van der Waals surface area (Å²) in [4.78, 5) is 21.4. The number of rotatable bonds is 10. The number of aryl methyl sites for hydroxylation is 1. The van der Waals surface area contributed by atoms with Crippen molar-refractivity contribution in [1.29, 1.82) is 0 Å². The number of carbonyl (C=O) groups is 2. The zero-order chi connectivity index (χ0) is 22.1. The fraction of sp³-hybridized carbons (Fsp3) is 0.154. The standard InChI is InChI=1S/C26H23FO4/c1-2-26(29)30-15-3-4-19-5-9-21(10-6-19)22-11-12-23(25(27)17-22)16-20-7-13-24(14-8-20)31-18-28/h2,5-14,17-18H,1,3-4,15-16H2. The smallest absolute Gasteiger partial charge is 0.330 e.